The van der Waals surface area contributed by atoms with Crippen LogP contribution in [0.5, 0.6) is 5.75 Å². The van der Waals surface area contributed by atoms with Crippen molar-refractivity contribution in [1.29, 1.82) is 0 Å². The van der Waals surface area contributed by atoms with E-state index in [0.29, 0.717) is 6.61 Å². The van der Waals surface area contributed by atoms with Crippen LogP contribution in [0.15, 0.2) is 48.5 Å². The Kier molecular flexibility index (Phi) is 5.76. The van der Waals surface area contributed by atoms with Crippen molar-refractivity contribution in [3.63, 3.8) is 0 Å². The van der Waals surface area contributed by atoms with E-state index < -0.39 is 0 Å². The molecule has 0 bridgehead atoms. The summed E-state index contributed by atoms with van der Waals surface area (Å²) in [4.78, 5) is 4.61. The summed E-state index contributed by atoms with van der Waals surface area (Å²) in [5.41, 5.74) is 3.45. The molecule has 0 unspecified atom stereocenters. The quantitative estimate of drug-likeness (QED) is 0.840. The van der Waals surface area contributed by atoms with Gasteiger partial charge in [-0.15, -0.1) is 0 Å². The number of benzene rings is 2. The van der Waals surface area contributed by atoms with Crippen LogP contribution in [-0.4, -0.2) is 42.8 Å². The Morgan fingerprint density at radius 3 is 2.56 bits per heavy atom. The molecule has 1 aliphatic rings. The summed E-state index contributed by atoms with van der Waals surface area (Å²) in [6, 6.07) is 16.5. The zero-order valence-electron chi connectivity index (χ0n) is 14.9. The van der Waals surface area contributed by atoms with E-state index in [-0.39, 0.29) is 0 Å². The van der Waals surface area contributed by atoms with Gasteiger partial charge in [0, 0.05) is 31.9 Å². The molecular formula is C20H25N3OS. The van der Waals surface area contributed by atoms with Gasteiger partial charge in [0.05, 0.1) is 12.3 Å². The first kappa shape index (κ1) is 17.5. The van der Waals surface area contributed by atoms with Gasteiger partial charge in [-0.25, -0.2) is 0 Å². The molecule has 1 N–H and O–H groups in total. The number of hydrogen-bond acceptors (Lipinski definition) is 3. The monoisotopic (exact) mass is 355 g/mol. The molecule has 2 aromatic rings. The van der Waals surface area contributed by atoms with Crippen molar-refractivity contribution in [2.45, 2.75) is 13.8 Å². The number of nitrogens with one attached hydrogen (secondary N) is 1. The fourth-order valence-corrected chi connectivity index (χ4v) is 3.37. The van der Waals surface area contributed by atoms with Crippen LogP contribution in [0.25, 0.3) is 0 Å². The number of piperazine rings is 1. The molecule has 0 amide bonds. The normalized spacial score (nSPS) is 14.3. The summed E-state index contributed by atoms with van der Waals surface area (Å²) in [7, 11) is 0. The maximum Gasteiger partial charge on any atom is 0.173 e. The Morgan fingerprint density at radius 1 is 1.08 bits per heavy atom. The smallest absolute Gasteiger partial charge is 0.173 e. The van der Waals surface area contributed by atoms with Gasteiger partial charge in [0.2, 0.25) is 0 Å². The van der Waals surface area contributed by atoms with E-state index in [4.69, 9.17) is 17.0 Å². The van der Waals surface area contributed by atoms with Gasteiger partial charge in [0.25, 0.3) is 0 Å². The van der Waals surface area contributed by atoms with Crippen molar-refractivity contribution in [2.75, 3.05) is 43.0 Å². The van der Waals surface area contributed by atoms with Crippen LogP contribution in [0.3, 0.4) is 0 Å². The number of nitrogens with zero attached hydrogens (tertiary/aromatic N) is 2. The Morgan fingerprint density at radius 2 is 1.84 bits per heavy atom. The van der Waals surface area contributed by atoms with E-state index >= 15 is 0 Å². The lowest BCUT2D eigenvalue weighted by molar-refractivity contribution is 0.336. The molecule has 0 aliphatic carbocycles. The van der Waals surface area contributed by atoms with E-state index in [1.807, 2.05) is 31.2 Å². The second-order valence-corrected chi connectivity index (χ2v) is 6.56. The Balaban J connectivity index is 1.59. The summed E-state index contributed by atoms with van der Waals surface area (Å²) in [6.45, 7) is 8.45. The topological polar surface area (TPSA) is 27.7 Å². The molecule has 1 heterocycles. The molecule has 0 atom stereocenters. The van der Waals surface area contributed by atoms with Crippen LogP contribution < -0.4 is 15.0 Å². The fraction of sp³-hybridized carbons (Fsp3) is 0.350. The molecule has 1 saturated heterocycles. The van der Waals surface area contributed by atoms with Crippen molar-refractivity contribution in [1.82, 2.24) is 4.90 Å². The maximum atomic E-state index is 5.76. The minimum absolute atomic E-state index is 0.682. The first-order chi connectivity index (χ1) is 12.2. The second-order valence-electron chi connectivity index (χ2n) is 6.17. The van der Waals surface area contributed by atoms with E-state index in [2.05, 4.69) is 46.3 Å². The average Bonchev–Trinajstić information content (AvgIpc) is 2.63. The van der Waals surface area contributed by atoms with E-state index in [0.717, 1.165) is 42.7 Å². The maximum absolute atomic E-state index is 5.76. The molecule has 1 fully saturated rings. The largest absolute Gasteiger partial charge is 0.492 e. The molecule has 0 saturated carbocycles. The molecule has 0 radical (unpaired) electrons. The highest BCUT2D eigenvalue weighted by Gasteiger charge is 2.21. The minimum Gasteiger partial charge on any atom is -0.492 e. The fourth-order valence-electron chi connectivity index (χ4n) is 3.07. The summed E-state index contributed by atoms with van der Waals surface area (Å²) in [5, 5.41) is 4.15. The van der Waals surface area contributed by atoms with Gasteiger partial charge in [0.15, 0.2) is 5.11 Å². The third kappa shape index (κ3) is 4.42. The molecule has 5 heteroatoms. The van der Waals surface area contributed by atoms with Gasteiger partial charge in [-0.1, -0.05) is 24.3 Å². The first-order valence-electron chi connectivity index (χ1n) is 8.76. The number of thiocarbonyl (C=S) groups is 1. The van der Waals surface area contributed by atoms with Crippen molar-refractivity contribution in [3.8, 4) is 5.75 Å². The van der Waals surface area contributed by atoms with Crippen molar-refractivity contribution in [2.24, 2.45) is 0 Å². The van der Waals surface area contributed by atoms with Crippen molar-refractivity contribution >= 4 is 28.7 Å². The summed E-state index contributed by atoms with van der Waals surface area (Å²) in [5.74, 6) is 0.957. The molecular weight excluding hydrogens is 330 g/mol. The average molecular weight is 356 g/mol. The number of ether oxygens (including phenoxy) is 1. The van der Waals surface area contributed by atoms with Gasteiger partial charge in [-0.3, -0.25) is 0 Å². The number of para-hydroxylation sites is 2. The lowest BCUT2D eigenvalue weighted by Crippen LogP contribution is -2.50. The lowest BCUT2D eigenvalue weighted by atomic mass is 10.2. The van der Waals surface area contributed by atoms with E-state index in [9.17, 15) is 0 Å². The van der Waals surface area contributed by atoms with Gasteiger partial charge in [-0.05, 0) is 55.9 Å². The number of aryl methyl sites for hydroxylation is 1. The highest BCUT2D eigenvalue weighted by molar-refractivity contribution is 7.80. The molecule has 1 aliphatic heterocycles. The van der Waals surface area contributed by atoms with Crippen LogP contribution in [-0.2, 0) is 0 Å². The molecule has 0 aromatic heterocycles. The van der Waals surface area contributed by atoms with Crippen molar-refractivity contribution < 1.29 is 4.74 Å². The highest BCUT2D eigenvalue weighted by atomic mass is 32.1. The zero-order valence-corrected chi connectivity index (χ0v) is 15.7. The molecule has 2 aromatic carbocycles. The second kappa shape index (κ2) is 8.21. The third-order valence-electron chi connectivity index (χ3n) is 4.34. The predicted molar refractivity (Wildman–Crippen MR) is 109 cm³/mol. The molecule has 4 nitrogen and oxygen atoms in total. The summed E-state index contributed by atoms with van der Waals surface area (Å²) < 4.78 is 5.76. The third-order valence-corrected chi connectivity index (χ3v) is 4.70. The van der Waals surface area contributed by atoms with Crippen LogP contribution in [0, 0.1) is 6.92 Å². The summed E-state index contributed by atoms with van der Waals surface area (Å²) >= 11 is 5.59. The van der Waals surface area contributed by atoms with Crippen LogP contribution in [0.2, 0.25) is 0 Å². The van der Waals surface area contributed by atoms with E-state index in [1.54, 1.807) is 0 Å². The van der Waals surface area contributed by atoms with Gasteiger partial charge in [0.1, 0.15) is 5.75 Å². The predicted octanol–water partition coefficient (Wildman–Crippen LogP) is 3.91. The van der Waals surface area contributed by atoms with Gasteiger partial charge >= 0.3 is 0 Å². The van der Waals surface area contributed by atoms with Gasteiger partial charge < -0.3 is 19.9 Å². The number of hydrogen-bond donors (Lipinski definition) is 1. The summed E-state index contributed by atoms with van der Waals surface area (Å²) in [6.07, 6.45) is 0. The van der Waals surface area contributed by atoms with Crippen LogP contribution >= 0.6 is 12.2 Å². The zero-order chi connectivity index (χ0) is 17.6. The lowest BCUT2D eigenvalue weighted by Gasteiger charge is -2.38. The van der Waals surface area contributed by atoms with Crippen molar-refractivity contribution in [3.05, 3.63) is 54.1 Å². The standard InChI is InChI=1S/C20H25N3OS/c1-3-24-19-10-5-4-9-18(19)22-11-13-23(14-12-22)20(25)21-17-8-6-7-16(2)15-17/h4-10,15H,3,11-14H2,1-2H3,(H,21,25). The molecule has 132 valence electrons. The Bertz CT molecular complexity index is 726. The molecule has 3 rings (SSSR count). The van der Waals surface area contributed by atoms with E-state index in [1.165, 1.54) is 11.3 Å². The Labute approximate surface area is 155 Å². The molecule has 25 heavy (non-hydrogen) atoms. The number of anilines is 2. The first-order valence-corrected chi connectivity index (χ1v) is 9.17. The van der Waals surface area contributed by atoms with Crippen LogP contribution in [0.1, 0.15) is 12.5 Å². The Hall–Kier alpha value is -2.27. The number of rotatable bonds is 4. The molecule has 0 spiro atoms. The minimum atomic E-state index is 0.682. The highest BCUT2D eigenvalue weighted by Crippen LogP contribution is 2.28. The van der Waals surface area contributed by atoms with Crippen LogP contribution in [0.4, 0.5) is 11.4 Å². The van der Waals surface area contributed by atoms with Gasteiger partial charge in [-0.2, -0.15) is 0 Å². The SMILES string of the molecule is CCOc1ccccc1N1CCN(C(=S)Nc2cccc(C)c2)CC1.